The molecule has 0 fully saturated rings. The zero-order chi connectivity index (χ0) is 4.41. The minimum Gasteiger partial charge on any atom is -0.227 e. The average molecular weight is 164 g/mol. The van der Waals surface area contributed by atoms with Gasteiger partial charge in [-0.3, -0.25) is 0 Å². The first-order valence-electron chi connectivity index (χ1n) is 1.47. The van der Waals surface area contributed by atoms with E-state index in [9.17, 15) is 0 Å². The van der Waals surface area contributed by atoms with Crippen molar-refractivity contribution in [3.05, 3.63) is 6.42 Å². The SMILES string of the molecule is BrC1[C]C=NS1. The molecule has 1 heterocycles. The summed E-state index contributed by atoms with van der Waals surface area (Å²) in [5.74, 6) is 0. The van der Waals surface area contributed by atoms with E-state index < -0.39 is 0 Å². The van der Waals surface area contributed by atoms with Gasteiger partial charge < -0.3 is 0 Å². The first kappa shape index (κ1) is 4.65. The molecule has 3 heteroatoms. The largest absolute Gasteiger partial charge is 0.227 e. The molecule has 1 unspecified atom stereocenters. The molecule has 0 aromatic carbocycles. The molecule has 0 spiro atoms. The van der Waals surface area contributed by atoms with Gasteiger partial charge in [0, 0.05) is 6.21 Å². The van der Waals surface area contributed by atoms with Crippen LogP contribution < -0.4 is 0 Å². The minimum atomic E-state index is 0.303. The Morgan fingerprint density at radius 3 is 3.00 bits per heavy atom. The molecule has 0 bridgehead atoms. The molecule has 1 aliphatic rings. The summed E-state index contributed by atoms with van der Waals surface area (Å²) in [5, 5.41) is 0. The predicted octanol–water partition coefficient (Wildman–Crippen LogP) is 1.52. The topological polar surface area (TPSA) is 12.4 Å². The molecule has 0 N–H and O–H groups in total. The van der Waals surface area contributed by atoms with E-state index in [1.54, 1.807) is 6.21 Å². The van der Waals surface area contributed by atoms with E-state index >= 15 is 0 Å². The lowest BCUT2D eigenvalue weighted by Crippen LogP contribution is -1.80. The monoisotopic (exact) mass is 163 g/mol. The van der Waals surface area contributed by atoms with E-state index in [1.807, 2.05) is 0 Å². The number of rotatable bonds is 0. The fourth-order valence-electron chi connectivity index (χ4n) is 0.203. The highest BCUT2D eigenvalue weighted by Gasteiger charge is 2.06. The Labute approximate surface area is 49.5 Å². The van der Waals surface area contributed by atoms with Crippen LogP contribution in [0.5, 0.6) is 0 Å². The third-order valence-electron chi connectivity index (χ3n) is 0.412. The zero-order valence-electron chi connectivity index (χ0n) is 2.89. The van der Waals surface area contributed by atoms with Gasteiger partial charge in [0.1, 0.15) is 0 Å². The van der Waals surface area contributed by atoms with Crippen LogP contribution in [0.3, 0.4) is 0 Å². The molecule has 0 saturated heterocycles. The van der Waals surface area contributed by atoms with Crippen LogP contribution >= 0.6 is 27.9 Å². The summed E-state index contributed by atoms with van der Waals surface area (Å²) in [5.41, 5.74) is 0. The maximum atomic E-state index is 3.80. The van der Waals surface area contributed by atoms with E-state index in [0.29, 0.717) is 4.16 Å². The lowest BCUT2D eigenvalue weighted by molar-refractivity contribution is 1.65. The van der Waals surface area contributed by atoms with Crippen LogP contribution in [0, 0.1) is 6.42 Å². The Bertz CT molecular complexity index is 65.2. The van der Waals surface area contributed by atoms with Crippen molar-refractivity contribution in [2.24, 2.45) is 4.40 Å². The Morgan fingerprint density at radius 1 is 2.00 bits per heavy atom. The van der Waals surface area contributed by atoms with Gasteiger partial charge in [0.15, 0.2) is 0 Å². The molecule has 0 aromatic rings. The van der Waals surface area contributed by atoms with E-state index in [4.69, 9.17) is 0 Å². The highest BCUT2D eigenvalue weighted by atomic mass is 79.9. The van der Waals surface area contributed by atoms with Crippen molar-refractivity contribution in [3.8, 4) is 0 Å². The zero-order valence-corrected chi connectivity index (χ0v) is 5.29. The van der Waals surface area contributed by atoms with Crippen LogP contribution in [-0.2, 0) is 0 Å². The van der Waals surface area contributed by atoms with Gasteiger partial charge in [-0.15, -0.1) is 0 Å². The van der Waals surface area contributed by atoms with Gasteiger partial charge >= 0.3 is 0 Å². The lowest BCUT2D eigenvalue weighted by Gasteiger charge is -1.85. The summed E-state index contributed by atoms with van der Waals surface area (Å²) in [6, 6.07) is 0. The quantitative estimate of drug-likeness (QED) is 0.390. The molecule has 6 heavy (non-hydrogen) atoms. The molecule has 1 rings (SSSR count). The van der Waals surface area contributed by atoms with Gasteiger partial charge in [-0.05, 0) is 11.9 Å². The fourth-order valence-corrected chi connectivity index (χ4v) is 0.961. The van der Waals surface area contributed by atoms with Crippen molar-refractivity contribution in [2.45, 2.75) is 4.16 Å². The maximum absolute atomic E-state index is 3.80. The molecule has 1 aliphatic heterocycles. The van der Waals surface area contributed by atoms with Gasteiger partial charge in [0.05, 0.1) is 10.6 Å². The van der Waals surface area contributed by atoms with Gasteiger partial charge in [0.2, 0.25) is 0 Å². The van der Waals surface area contributed by atoms with Crippen molar-refractivity contribution in [1.82, 2.24) is 0 Å². The van der Waals surface area contributed by atoms with Gasteiger partial charge in [-0.1, -0.05) is 15.9 Å². The molecule has 1 nitrogen and oxygen atoms in total. The second kappa shape index (κ2) is 1.98. The Kier molecular flexibility index (Phi) is 1.54. The van der Waals surface area contributed by atoms with E-state index in [0.717, 1.165) is 0 Å². The second-order valence-electron chi connectivity index (χ2n) is 0.823. The molecule has 0 aromatic heterocycles. The van der Waals surface area contributed by atoms with Crippen molar-refractivity contribution in [3.63, 3.8) is 0 Å². The highest BCUT2D eigenvalue weighted by molar-refractivity contribution is 9.11. The van der Waals surface area contributed by atoms with Gasteiger partial charge in [0.25, 0.3) is 0 Å². The molecular weight excluding hydrogens is 162 g/mol. The summed E-state index contributed by atoms with van der Waals surface area (Å²) in [4.78, 5) is 0. The molecule has 0 amide bonds. The van der Waals surface area contributed by atoms with Gasteiger partial charge in [-0.2, -0.15) is 0 Å². The minimum absolute atomic E-state index is 0.303. The molecule has 0 aliphatic carbocycles. The number of halogens is 1. The van der Waals surface area contributed by atoms with Gasteiger partial charge in [-0.25, -0.2) is 4.40 Å². The van der Waals surface area contributed by atoms with Crippen LogP contribution in [0.2, 0.25) is 0 Å². The summed E-state index contributed by atoms with van der Waals surface area (Å²) < 4.78 is 4.10. The van der Waals surface area contributed by atoms with Crippen LogP contribution in [0.4, 0.5) is 0 Å². The Morgan fingerprint density at radius 2 is 2.83 bits per heavy atom. The number of alkyl halides is 1. The van der Waals surface area contributed by atoms with Crippen LogP contribution in [0.25, 0.3) is 0 Å². The standard InChI is InChI=1S/C3H2BrNS/c4-3-1-2-5-6-3/h2-3H. The number of hydrogen-bond acceptors (Lipinski definition) is 2. The fraction of sp³-hybridized carbons (Fsp3) is 0.333. The summed E-state index contributed by atoms with van der Waals surface area (Å²) >= 11 is 4.74. The second-order valence-corrected chi connectivity index (χ2v) is 3.24. The van der Waals surface area contributed by atoms with Crippen LogP contribution in [-0.4, -0.2) is 10.4 Å². The molecule has 0 saturated carbocycles. The predicted molar refractivity (Wildman–Crippen MR) is 32.0 cm³/mol. The maximum Gasteiger partial charge on any atom is 0.0944 e. The smallest absolute Gasteiger partial charge is 0.0944 e. The van der Waals surface area contributed by atoms with E-state index in [1.165, 1.54) is 11.9 Å². The van der Waals surface area contributed by atoms with Crippen molar-refractivity contribution in [2.75, 3.05) is 0 Å². The first-order chi connectivity index (χ1) is 2.89. The summed E-state index contributed by atoms with van der Waals surface area (Å²) in [6.07, 6.45) is 4.58. The number of nitrogens with zero attached hydrogens (tertiary/aromatic N) is 1. The van der Waals surface area contributed by atoms with Crippen LogP contribution in [0.1, 0.15) is 0 Å². The highest BCUT2D eigenvalue weighted by Crippen LogP contribution is 2.24. The normalized spacial score (nSPS) is 31.8. The lowest BCUT2D eigenvalue weighted by atomic mass is 10.5. The van der Waals surface area contributed by atoms with Crippen LogP contribution in [0.15, 0.2) is 4.40 Å². The summed E-state index contributed by atoms with van der Waals surface area (Å²) in [6.45, 7) is 0. The average Bonchev–Trinajstić information content (AvgIpc) is 1.86. The molecule has 32 valence electrons. The van der Waals surface area contributed by atoms with Crippen molar-refractivity contribution in [1.29, 1.82) is 0 Å². The first-order valence-corrected chi connectivity index (χ1v) is 3.22. The van der Waals surface area contributed by atoms with Crippen molar-refractivity contribution >= 4 is 34.1 Å². The van der Waals surface area contributed by atoms with E-state index in [-0.39, 0.29) is 0 Å². The molecule has 2 radical (unpaired) electrons. The Balaban J connectivity index is 2.32. The molecule has 1 atom stereocenters. The number of hydrogen-bond donors (Lipinski definition) is 0. The third kappa shape index (κ3) is 0.980. The van der Waals surface area contributed by atoms with Crippen molar-refractivity contribution < 1.29 is 0 Å². The Hall–Kier alpha value is 0.500. The summed E-state index contributed by atoms with van der Waals surface area (Å²) in [7, 11) is 0. The third-order valence-corrected chi connectivity index (χ3v) is 1.73. The molecular formula is C3H2BrNS. The van der Waals surface area contributed by atoms with E-state index in [2.05, 4.69) is 26.7 Å².